The summed E-state index contributed by atoms with van der Waals surface area (Å²) in [4.78, 5) is 9.72. The second-order valence-corrected chi connectivity index (χ2v) is 8.03. The van der Waals surface area contributed by atoms with Crippen molar-refractivity contribution in [3.63, 3.8) is 0 Å². The molecule has 164 valence electrons. The van der Waals surface area contributed by atoms with Crippen molar-refractivity contribution < 1.29 is 13.9 Å². The Labute approximate surface area is 184 Å². The molecule has 1 saturated heterocycles. The van der Waals surface area contributed by atoms with Crippen molar-refractivity contribution in [1.82, 2.24) is 14.8 Å². The maximum atomic E-state index is 5.80. The Morgan fingerprint density at radius 3 is 2.48 bits per heavy atom. The molecule has 1 atom stereocenters. The van der Waals surface area contributed by atoms with Gasteiger partial charge in [0.15, 0.2) is 0 Å². The molecule has 0 bridgehead atoms. The highest BCUT2D eigenvalue weighted by molar-refractivity contribution is 5.54. The number of benzene rings is 2. The van der Waals surface area contributed by atoms with Crippen molar-refractivity contribution in [2.45, 2.75) is 26.1 Å². The summed E-state index contributed by atoms with van der Waals surface area (Å²) in [6.45, 7) is 8.55. The molecule has 31 heavy (non-hydrogen) atoms. The van der Waals surface area contributed by atoms with Crippen molar-refractivity contribution in [3.8, 4) is 17.2 Å². The average Bonchev–Trinajstić information content (AvgIpc) is 3.28. The van der Waals surface area contributed by atoms with E-state index in [-0.39, 0.29) is 0 Å². The minimum atomic E-state index is 0.374. The fourth-order valence-electron chi connectivity index (χ4n) is 3.91. The van der Waals surface area contributed by atoms with Gasteiger partial charge in [0.25, 0.3) is 0 Å². The van der Waals surface area contributed by atoms with Gasteiger partial charge in [-0.2, -0.15) is 0 Å². The molecule has 0 aliphatic carbocycles. The van der Waals surface area contributed by atoms with Gasteiger partial charge < -0.3 is 13.9 Å². The van der Waals surface area contributed by atoms with Crippen LogP contribution in [0.4, 0.5) is 0 Å². The molecule has 0 N–H and O–H groups in total. The lowest BCUT2D eigenvalue weighted by molar-refractivity contribution is 0.0224. The average molecular weight is 422 g/mol. The summed E-state index contributed by atoms with van der Waals surface area (Å²) in [6.07, 6.45) is 1.78. The standard InChI is InChI=1S/C25H31N3O3/c1-20(16-27-12-14-30-15-13-27)28(17-21-6-4-3-5-7-21)18-23-19-31-25(26-23)22-8-10-24(29-2)11-9-22/h3-11,19-20H,12-18H2,1-2H3. The molecular weight excluding hydrogens is 390 g/mol. The summed E-state index contributed by atoms with van der Waals surface area (Å²) in [6, 6.07) is 18.8. The highest BCUT2D eigenvalue weighted by Crippen LogP contribution is 2.23. The first kappa shape index (κ1) is 21.6. The first-order chi connectivity index (χ1) is 15.2. The lowest BCUT2D eigenvalue weighted by Gasteiger charge is -2.34. The monoisotopic (exact) mass is 421 g/mol. The van der Waals surface area contributed by atoms with E-state index in [1.54, 1.807) is 13.4 Å². The number of methoxy groups -OCH3 is 1. The number of oxazole rings is 1. The summed E-state index contributed by atoms with van der Waals surface area (Å²) in [7, 11) is 1.66. The molecule has 0 amide bonds. The van der Waals surface area contributed by atoms with Gasteiger partial charge in [-0.05, 0) is 36.8 Å². The normalized spacial score (nSPS) is 15.8. The topological polar surface area (TPSA) is 51.0 Å². The van der Waals surface area contributed by atoms with Crippen LogP contribution in [0, 0.1) is 0 Å². The van der Waals surface area contributed by atoms with Gasteiger partial charge in [-0.3, -0.25) is 9.80 Å². The van der Waals surface area contributed by atoms with E-state index in [4.69, 9.17) is 18.9 Å². The van der Waals surface area contributed by atoms with Crippen LogP contribution in [0.15, 0.2) is 65.3 Å². The van der Waals surface area contributed by atoms with Crippen molar-refractivity contribution >= 4 is 0 Å². The zero-order valence-corrected chi connectivity index (χ0v) is 18.4. The summed E-state index contributed by atoms with van der Waals surface area (Å²) in [5, 5.41) is 0. The molecule has 1 fully saturated rings. The van der Waals surface area contributed by atoms with Crippen LogP contribution in [0.3, 0.4) is 0 Å². The molecule has 4 rings (SSSR count). The summed E-state index contributed by atoms with van der Waals surface area (Å²) in [5.41, 5.74) is 3.19. The Kier molecular flexibility index (Phi) is 7.35. The second-order valence-electron chi connectivity index (χ2n) is 8.03. The van der Waals surface area contributed by atoms with Crippen LogP contribution >= 0.6 is 0 Å². The Balaban J connectivity index is 1.47. The van der Waals surface area contributed by atoms with Crippen LogP contribution in [0.2, 0.25) is 0 Å². The molecule has 6 nitrogen and oxygen atoms in total. The largest absolute Gasteiger partial charge is 0.497 e. The molecule has 1 unspecified atom stereocenters. The Bertz CT molecular complexity index is 921. The van der Waals surface area contributed by atoms with Gasteiger partial charge in [-0.15, -0.1) is 0 Å². The summed E-state index contributed by atoms with van der Waals surface area (Å²) < 4.78 is 16.5. The predicted octanol–water partition coefficient (Wildman–Crippen LogP) is 4.07. The van der Waals surface area contributed by atoms with Gasteiger partial charge in [0.05, 0.1) is 26.0 Å². The third-order valence-corrected chi connectivity index (χ3v) is 5.73. The van der Waals surface area contributed by atoms with Crippen molar-refractivity contribution in [3.05, 3.63) is 72.1 Å². The van der Waals surface area contributed by atoms with Crippen LogP contribution in [-0.4, -0.2) is 60.8 Å². The Hall–Kier alpha value is -2.67. The molecule has 1 aliphatic heterocycles. The third kappa shape index (κ3) is 5.94. The maximum absolute atomic E-state index is 5.80. The zero-order valence-electron chi connectivity index (χ0n) is 18.4. The lowest BCUT2D eigenvalue weighted by Crippen LogP contribution is -2.45. The molecule has 1 aliphatic rings. The van der Waals surface area contributed by atoms with Crippen LogP contribution < -0.4 is 4.74 Å². The minimum absolute atomic E-state index is 0.374. The van der Waals surface area contributed by atoms with E-state index in [1.165, 1.54) is 5.56 Å². The van der Waals surface area contributed by atoms with Crippen LogP contribution in [0.5, 0.6) is 5.75 Å². The molecule has 2 aromatic carbocycles. The van der Waals surface area contributed by atoms with E-state index < -0.39 is 0 Å². The highest BCUT2D eigenvalue weighted by atomic mass is 16.5. The Morgan fingerprint density at radius 2 is 1.77 bits per heavy atom. The number of nitrogens with zero attached hydrogens (tertiary/aromatic N) is 3. The molecular formula is C25H31N3O3. The van der Waals surface area contributed by atoms with E-state index in [0.29, 0.717) is 11.9 Å². The van der Waals surface area contributed by atoms with E-state index in [9.17, 15) is 0 Å². The van der Waals surface area contributed by atoms with Gasteiger partial charge in [-0.25, -0.2) is 4.98 Å². The minimum Gasteiger partial charge on any atom is -0.497 e. The number of rotatable bonds is 9. The SMILES string of the molecule is COc1ccc(-c2nc(CN(Cc3ccccc3)C(C)CN3CCOCC3)co2)cc1. The van der Waals surface area contributed by atoms with E-state index in [1.807, 2.05) is 24.3 Å². The molecule has 3 aromatic rings. The summed E-state index contributed by atoms with van der Waals surface area (Å²) >= 11 is 0. The van der Waals surface area contributed by atoms with Gasteiger partial charge in [0, 0.05) is 44.3 Å². The molecule has 0 saturated carbocycles. The molecule has 0 radical (unpaired) electrons. The van der Waals surface area contributed by atoms with Gasteiger partial charge in [0.2, 0.25) is 5.89 Å². The molecule has 6 heteroatoms. The third-order valence-electron chi connectivity index (χ3n) is 5.73. The number of morpholine rings is 1. The van der Waals surface area contributed by atoms with Crippen molar-refractivity contribution in [2.75, 3.05) is 40.0 Å². The molecule has 1 aromatic heterocycles. The fourth-order valence-corrected chi connectivity index (χ4v) is 3.91. The van der Waals surface area contributed by atoms with E-state index in [0.717, 1.165) is 62.9 Å². The van der Waals surface area contributed by atoms with Crippen molar-refractivity contribution in [2.24, 2.45) is 0 Å². The van der Waals surface area contributed by atoms with E-state index >= 15 is 0 Å². The Morgan fingerprint density at radius 1 is 1.03 bits per heavy atom. The number of hydrogen-bond acceptors (Lipinski definition) is 6. The molecule has 0 spiro atoms. The van der Waals surface area contributed by atoms with Gasteiger partial charge in [0.1, 0.15) is 12.0 Å². The summed E-state index contributed by atoms with van der Waals surface area (Å²) in [5.74, 6) is 1.46. The second kappa shape index (κ2) is 10.6. The first-order valence-corrected chi connectivity index (χ1v) is 10.9. The maximum Gasteiger partial charge on any atom is 0.226 e. The smallest absolute Gasteiger partial charge is 0.226 e. The first-order valence-electron chi connectivity index (χ1n) is 10.9. The highest BCUT2D eigenvalue weighted by Gasteiger charge is 2.21. The van der Waals surface area contributed by atoms with Crippen LogP contribution in [-0.2, 0) is 17.8 Å². The molecule has 2 heterocycles. The number of hydrogen-bond donors (Lipinski definition) is 0. The number of ether oxygens (including phenoxy) is 2. The quantitative estimate of drug-likeness (QED) is 0.519. The van der Waals surface area contributed by atoms with Crippen LogP contribution in [0.25, 0.3) is 11.5 Å². The fraction of sp³-hybridized carbons (Fsp3) is 0.400. The zero-order chi connectivity index (χ0) is 21.5. The van der Waals surface area contributed by atoms with Crippen LogP contribution in [0.1, 0.15) is 18.2 Å². The predicted molar refractivity (Wildman–Crippen MR) is 121 cm³/mol. The van der Waals surface area contributed by atoms with Crippen molar-refractivity contribution in [1.29, 1.82) is 0 Å². The van der Waals surface area contributed by atoms with Gasteiger partial charge in [-0.1, -0.05) is 30.3 Å². The lowest BCUT2D eigenvalue weighted by atomic mass is 10.1. The number of aromatic nitrogens is 1. The van der Waals surface area contributed by atoms with E-state index in [2.05, 4.69) is 47.1 Å². The van der Waals surface area contributed by atoms with Gasteiger partial charge >= 0.3 is 0 Å².